The van der Waals surface area contributed by atoms with Crippen LogP contribution in [0.3, 0.4) is 0 Å². The molecule has 0 atom stereocenters. The van der Waals surface area contributed by atoms with Gasteiger partial charge in [0.05, 0.1) is 17.2 Å². The first kappa shape index (κ1) is 12.4. The number of rotatable bonds is 2. The molecule has 0 amide bonds. The van der Waals surface area contributed by atoms with Gasteiger partial charge >= 0.3 is 0 Å². The topological polar surface area (TPSA) is 36.7 Å². The molecule has 1 fully saturated rings. The lowest BCUT2D eigenvalue weighted by atomic mass is 10.1. The van der Waals surface area contributed by atoms with E-state index in [1.807, 2.05) is 6.92 Å². The molecular weight excluding hydrogens is 252 g/mol. The van der Waals surface area contributed by atoms with Gasteiger partial charge in [-0.05, 0) is 39.2 Å². The van der Waals surface area contributed by atoms with Crippen molar-refractivity contribution in [1.29, 1.82) is 5.26 Å². The van der Waals surface area contributed by atoms with E-state index in [1.165, 1.54) is 21.6 Å². The summed E-state index contributed by atoms with van der Waals surface area (Å²) in [4.78, 5) is 5.86. The minimum absolute atomic E-state index is 0.224. The van der Waals surface area contributed by atoms with Gasteiger partial charge in [-0.1, -0.05) is 23.8 Å². The van der Waals surface area contributed by atoms with Crippen LogP contribution in [0.25, 0.3) is 10.6 Å². The largest absolute Gasteiger partial charge is 0.241 e. The van der Waals surface area contributed by atoms with E-state index in [0.29, 0.717) is 0 Å². The average Bonchev–Trinajstić information content (AvgIpc) is 3.07. The maximum Gasteiger partial charge on any atom is 0.124 e. The summed E-state index contributed by atoms with van der Waals surface area (Å²) < 4.78 is 0. The third-order valence-corrected chi connectivity index (χ3v) is 5.20. The standard InChI is InChI=1S/C16H16N2S/c1-10-4-5-13(11(2)8-10)15-18-12(3)14(19-15)16(9-17)6-7-16/h4-5,8H,6-7H2,1-3H3. The molecule has 0 saturated heterocycles. The molecular formula is C16H16N2S. The Hall–Kier alpha value is -1.66. The SMILES string of the molecule is Cc1ccc(-c2nc(C)c(C3(C#N)CC3)s2)c(C)c1. The van der Waals surface area contributed by atoms with Crippen LogP contribution in [-0.4, -0.2) is 4.98 Å². The zero-order chi connectivity index (χ0) is 13.6. The number of nitriles is 1. The van der Waals surface area contributed by atoms with Crippen LogP contribution in [0.1, 0.15) is 34.5 Å². The van der Waals surface area contributed by atoms with Crippen molar-refractivity contribution >= 4 is 11.3 Å². The molecule has 1 aromatic heterocycles. The van der Waals surface area contributed by atoms with E-state index < -0.39 is 0 Å². The van der Waals surface area contributed by atoms with Crippen LogP contribution < -0.4 is 0 Å². The van der Waals surface area contributed by atoms with Gasteiger partial charge in [-0.2, -0.15) is 5.26 Å². The van der Waals surface area contributed by atoms with Gasteiger partial charge < -0.3 is 0 Å². The van der Waals surface area contributed by atoms with Crippen LogP contribution in [0.4, 0.5) is 0 Å². The molecule has 2 nitrogen and oxygen atoms in total. The number of hydrogen-bond acceptors (Lipinski definition) is 3. The van der Waals surface area contributed by atoms with Crippen LogP contribution >= 0.6 is 11.3 Å². The van der Waals surface area contributed by atoms with Gasteiger partial charge in [0.1, 0.15) is 5.01 Å². The first-order chi connectivity index (χ1) is 9.05. The highest BCUT2D eigenvalue weighted by molar-refractivity contribution is 7.15. The number of nitrogens with zero attached hydrogens (tertiary/aromatic N) is 2. The predicted molar refractivity (Wildman–Crippen MR) is 78.3 cm³/mol. The molecule has 1 heterocycles. The minimum Gasteiger partial charge on any atom is -0.241 e. The molecule has 0 aliphatic heterocycles. The lowest BCUT2D eigenvalue weighted by molar-refractivity contribution is 0.914. The van der Waals surface area contributed by atoms with Crippen LogP contribution in [0.15, 0.2) is 18.2 Å². The maximum atomic E-state index is 9.33. The first-order valence-corrected chi connectivity index (χ1v) is 7.34. The van der Waals surface area contributed by atoms with Crippen molar-refractivity contribution in [3.05, 3.63) is 39.9 Å². The Labute approximate surface area is 117 Å². The Morgan fingerprint density at radius 2 is 2.00 bits per heavy atom. The van der Waals surface area contributed by atoms with Gasteiger partial charge in [-0.3, -0.25) is 0 Å². The molecule has 96 valence electrons. The average molecular weight is 268 g/mol. The summed E-state index contributed by atoms with van der Waals surface area (Å²) in [7, 11) is 0. The van der Waals surface area contributed by atoms with Gasteiger partial charge in [0.25, 0.3) is 0 Å². The summed E-state index contributed by atoms with van der Waals surface area (Å²) in [6, 6.07) is 8.91. The van der Waals surface area contributed by atoms with Crippen molar-refractivity contribution in [3.8, 4) is 16.6 Å². The lowest BCUT2D eigenvalue weighted by Gasteiger charge is -2.03. The number of aryl methyl sites for hydroxylation is 3. The van der Waals surface area contributed by atoms with E-state index in [9.17, 15) is 5.26 Å². The van der Waals surface area contributed by atoms with Crippen molar-refractivity contribution in [2.75, 3.05) is 0 Å². The number of thiazole rings is 1. The van der Waals surface area contributed by atoms with Gasteiger partial charge in [-0.15, -0.1) is 11.3 Å². The summed E-state index contributed by atoms with van der Waals surface area (Å²) in [6.45, 7) is 6.25. The van der Waals surface area contributed by atoms with E-state index in [-0.39, 0.29) is 5.41 Å². The Bertz CT molecular complexity index is 687. The molecule has 19 heavy (non-hydrogen) atoms. The molecule has 1 aliphatic rings. The van der Waals surface area contributed by atoms with E-state index in [2.05, 4.69) is 38.1 Å². The quantitative estimate of drug-likeness (QED) is 0.814. The van der Waals surface area contributed by atoms with Crippen molar-refractivity contribution in [3.63, 3.8) is 0 Å². The highest BCUT2D eigenvalue weighted by atomic mass is 32.1. The van der Waals surface area contributed by atoms with Crippen LogP contribution in [-0.2, 0) is 5.41 Å². The molecule has 0 spiro atoms. The maximum absolute atomic E-state index is 9.33. The second-order valence-electron chi connectivity index (χ2n) is 5.45. The van der Waals surface area contributed by atoms with E-state index in [1.54, 1.807) is 11.3 Å². The summed E-state index contributed by atoms with van der Waals surface area (Å²) in [5.74, 6) is 0. The fourth-order valence-corrected chi connectivity index (χ4v) is 3.88. The number of aromatic nitrogens is 1. The van der Waals surface area contributed by atoms with Crippen LogP contribution in [0, 0.1) is 32.1 Å². The van der Waals surface area contributed by atoms with Crippen molar-refractivity contribution in [2.45, 2.75) is 39.0 Å². The molecule has 0 unspecified atom stereocenters. The highest BCUT2D eigenvalue weighted by Gasteiger charge is 2.47. The minimum atomic E-state index is -0.224. The Kier molecular flexibility index (Phi) is 2.72. The smallest absolute Gasteiger partial charge is 0.124 e. The number of hydrogen-bond donors (Lipinski definition) is 0. The van der Waals surface area contributed by atoms with E-state index in [0.717, 1.165) is 23.5 Å². The molecule has 1 aromatic carbocycles. The second kappa shape index (κ2) is 4.18. The molecule has 1 aliphatic carbocycles. The zero-order valence-corrected chi connectivity index (χ0v) is 12.3. The second-order valence-corrected chi connectivity index (χ2v) is 6.44. The molecule has 0 radical (unpaired) electrons. The molecule has 0 bridgehead atoms. The van der Waals surface area contributed by atoms with Crippen molar-refractivity contribution < 1.29 is 0 Å². The third-order valence-electron chi connectivity index (χ3n) is 3.81. The van der Waals surface area contributed by atoms with Crippen molar-refractivity contribution in [1.82, 2.24) is 4.98 Å². The molecule has 3 heteroatoms. The summed E-state index contributed by atoms with van der Waals surface area (Å²) in [5, 5.41) is 10.4. The Balaban J connectivity index is 2.08. The van der Waals surface area contributed by atoms with Crippen molar-refractivity contribution in [2.24, 2.45) is 0 Å². The lowest BCUT2D eigenvalue weighted by Crippen LogP contribution is -2.01. The molecule has 2 aromatic rings. The normalized spacial score (nSPS) is 16.1. The third kappa shape index (κ3) is 1.97. The van der Waals surface area contributed by atoms with Gasteiger partial charge in [-0.25, -0.2) is 4.98 Å². The van der Waals surface area contributed by atoms with E-state index in [4.69, 9.17) is 4.98 Å². The fraction of sp³-hybridized carbons (Fsp3) is 0.375. The van der Waals surface area contributed by atoms with Crippen LogP contribution in [0.5, 0.6) is 0 Å². The summed E-state index contributed by atoms with van der Waals surface area (Å²) in [5.41, 5.74) is 4.52. The summed E-state index contributed by atoms with van der Waals surface area (Å²) in [6.07, 6.45) is 1.97. The molecule has 0 N–H and O–H groups in total. The predicted octanol–water partition coefficient (Wildman–Crippen LogP) is 4.29. The number of benzene rings is 1. The monoisotopic (exact) mass is 268 g/mol. The molecule has 1 saturated carbocycles. The highest BCUT2D eigenvalue weighted by Crippen LogP contribution is 2.51. The fourth-order valence-electron chi connectivity index (χ4n) is 2.52. The van der Waals surface area contributed by atoms with Gasteiger partial charge in [0, 0.05) is 10.4 Å². The van der Waals surface area contributed by atoms with Crippen LogP contribution in [0.2, 0.25) is 0 Å². The zero-order valence-electron chi connectivity index (χ0n) is 11.4. The Morgan fingerprint density at radius 3 is 2.58 bits per heavy atom. The van der Waals surface area contributed by atoms with E-state index >= 15 is 0 Å². The van der Waals surface area contributed by atoms with Gasteiger partial charge in [0.15, 0.2) is 0 Å². The van der Waals surface area contributed by atoms with Gasteiger partial charge in [0.2, 0.25) is 0 Å². The summed E-state index contributed by atoms with van der Waals surface area (Å²) >= 11 is 1.69. The first-order valence-electron chi connectivity index (χ1n) is 6.52. The Morgan fingerprint density at radius 1 is 1.26 bits per heavy atom. The molecule has 3 rings (SSSR count).